The smallest absolute Gasteiger partial charge is 0.264 e. The maximum atomic E-state index is 12.7. The first kappa shape index (κ1) is 19.3. The molecule has 0 aliphatic heterocycles. The molecule has 0 N–H and O–H groups in total. The van der Waals surface area contributed by atoms with E-state index in [0.29, 0.717) is 23.1 Å². The summed E-state index contributed by atoms with van der Waals surface area (Å²) in [5, 5.41) is 4.37. The number of hydrogen-bond acceptors (Lipinski definition) is 5. The number of aryl methyl sites for hydroxylation is 2. The number of anilines is 1. The van der Waals surface area contributed by atoms with Crippen molar-refractivity contribution >= 4 is 27.3 Å². The zero-order valence-electron chi connectivity index (χ0n) is 15.1. The Hall–Kier alpha value is -2.51. The molecule has 0 radical (unpaired) electrons. The van der Waals surface area contributed by atoms with Gasteiger partial charge in [0, 0.05) is 12.1 Å². The number of aromatic nitrogens is 1. The molecule has 6 nitrogen and oxygen atoms in total. The number of ether oxygens (including phenoxy) is 1. The van der Waals surface area contributed by atoms with Gasteiger partial charge in [-0.1, -0.05) is 16.8 Å². The molecule has 8 heteroatoms. The van der Waals surface area contributed by atoms with Gasteiger partial charge in [-0.15, -0.1) is 0 Å². The van der Waals surface area contributed by atoms with Gasteiger partial charge in [-0.05, 0) is 62.4 Å². The third kappa shape index (κ3) is 4.09. The van der Waals surface area contributed by atoms with Gasteiger partial charge in [0.05, 0.1) is 21.8 Å². The lowest BCUT2D eigenvalue weighted by Crippen LogP contribution is -2.26. The number of rotatable bonds is 6. The van der Waals surface area contributed by atoms with Crippen LogP contribution in [0, 0.1) is 13.8 Å². The van der Waals surface area contributed by atoms with Crippen molar-refractivity contribution in [1.82, 2.24) is 5.16 Å². The molecule has 0 unspecified atom stereocenters. The molecule has 0 spiro atoms. The van der Waals surface area contributed by atoms with Crippen LogP contribution in [0.15, 0.2) is 57.9 Å². The van der Waals surface area contributed by atoms with Gasteiger partial charge in [0.1, 0.15) is 18.1 Å². The highest BCUT2D eigenvalue weighted by Crippen LogP contribution is 2.26. The Bertz CT molecular complexity index is 1010. The van der Waals surface area contributed by atoms with E-state index in [1.807, 2.05) is 13.8 Å². The van der Waals surface area contributed by atoms with Crippen LogP contribution in [0.5, 0.6) is 5.75 Å². The SMILES string of the molecule is Cc1noc(C)c1COc1ccc(N(C)S(=O)(=O)c2ccc(Cl)cc2)cc1. The Kier molecular flexibility index (Phi) is 5.43. The predicted molar refractivity (Wildman–Crippen MR) is 104 cm³/mol. The first-order valence-electron chi connectivity index (χ1n) is 8.18. The lowest BCUT2D eigenvalue weighted by atomic mass is 10.2. The largest absolute Gasteiger partial charge is 0.489 e. The van der Waals surface area contributed by atoms with Crippen molar-refractivity contribution < 1.29 is 17.7 Å². The molecule has 27 heavy (non-hydrogen) atoms. The average molecular weight is 407 g/mol. The molecule has 0 bridgehead atoms. The number of hydrogen-bond donors (Lipinski definition) is 0. The standard InChI is InChI=1S/C19H19ClN2O4S/c1-13-19(14(2)26-21-13)12-25-17-8-6-16(7-9-17)22(3)27(23,24)18-10-4-15(20)5-11-18/h4-11H,12H2,1-3H3. The van der Waals surface area contributed by atoms with Gasteiger partial charge in [-0.2, -0.15) is 0 Å². The number of benzene rings is 2. The third-order valence-corrected chi connectivity index (χ3v) is 6.29. The Morgan fingerprint density at radius 2 is 1.70 bits per heavy atom. The second-order valence-electron chi connectivity index (χ2n) is 6.01. The van der Waals surface area contributed by atoms with E-state index >= 15 is 0 Å². The van der Waals surface area contributed by atoms with Gasteiger partial charge >= 0.3 is 0 Å². The van der Waals surface area contributed by atoms with E-state index in [1.54, 1.807) is 36.4 Å². The quantitative estimate of drug-likeness (QED) is 0.608. The fourth-order valence-corrected chi connectivity index (χ4v) is 3.84. The molecule has 0 aliphatic carbocycles. The van der Waals surface area contributed by atoms with E-state index in [1.165, 1.54) is 23.5 Å². The van der Waals surface area contributed by atoms with Gasteiger partial charge < -0.3 is 9.26 Å². The molecule has 0 atom stereocenters. The minimum atomic E-state index is -3.67. The van der Waals surface area contributed by atoms with Crippen LogP contribution in [-0.4, -0.2) is 20.6 Å². The average Bonchev–Trinajstić information content (AvgIpc) is 2.98. The normalized spacial score (nSPS) is 11.4. The van der Waals surface area contributed by atoms with Crippen LogP contribution in [-0.2, 0) is 16.6 Å². The van der Waals surface area contributed by atoms with Crippen molar-refractivity contribution in [3.05, 3.63) is 70.6 Å². The van der Waals surface area contributed by atoms with Crippen molar-refractivity contribution in [2.45, 2.75) is 25.3 Å². The highest BCUT2D eigenvalue weighted by molar-refractivity contribution is 7.92. The van der Waals surface area contributed by atoms with Gasteiger partial charge in [-0.3, -0.25) is 4.31 Å². The molecule has 3 aromatic rings. The molecular weight excluding hydrogens is 388 g/mol. The topological polar surface area (TPSA) is 72.6 Å². The number of sulfonamides is 1. The van der Waals surface area contributed by atoms with Crippen LogP contribution in [0.1, 0.15) is 17.0 Å². The summed E-state index contributed by atoms with van der Waals surface area (Å²) in [5.74, 6) is 1.34. The minimum Gasteiger partial charge on any atom is -0.489 e. The molecule has 0 fully saturated rings. The van der Waals surface area contributed by atoms with E-state index in [2.05, 4.69) is 5.16 Å². The van der Waals surface area contributed by atoms with Crippen LogP contribution < -0.4 is 9.04 Å². The van der Waals surface area contributed by atoms with Gasteiger partial charge in [0.15, 0.2) is 0 Å². The second kappa shape index (κ2) is 7.62. The molecule has 0 amide bonds. The molecular formula is C19H19ClN2O4S. The summed E-state index contributed by atoms with van der Waals surface area (Å²) in [4.78, 5) is 0.174. The van der Waals surface area contributed by atoms with Crippen LogP contribution in [0.25, 0.3) is 0 Å². The Labute approximate surface area is 163 Å². The van der Waals surface area contributed by atoms with Crippen molar-refractivity contribution in [2.75, 3.05) is 11.4 Å². The summed E-state index contributed by atoms with van der Waals surface area (Å²) < 4.78 is 37.5. The number of halogens is 1. The van der Waals surface area contributed by atoms with Crippen molar-refractivity contribution in [2.24, 2.45) is 0 Å². The van der Waals surface area contributed by atoms with Gasteiger partial charge in [0.25, 0.3) is 10.0 Å². The van der Waals surface area contributed by atoms with Crippen molar-refractivity contribution in [1.29, 1.82) is 0 Å². The maximum absolute atomic E-state index is 12.7. The third-order valence-electron chi connectivity index (χ3n) is 4.24. The monoisotopic (exact) mass is 406 g/mol. The van der Waals surface area contributed by atoms with E-state index in [-0.39, 0.29) is 4.90 Å². The van der Waals surface area contributed by atoms with E-state index in [4.69, 9.17) is 20.9 Å². The van der Waals surface area contributed by atoms with E-state index < -0.39 is 10.0 Å². The summed E-state index contributed by atoms with van der Waals surface area (Å²) in [6.07, 6.45) is 0. The summed E-state index contributed by atoms with van der Waals surface area (Å²) >= 11 is 5.83. The van der Waals surface area contributed by atoms with Crippen molar-refractivity contribution in [3.8, 4) is 5.75 Å². The van der Waals surface area contributed by atoms with Gasteiger partial charge in [-0.25, -0.2) is 8.42 Å². The highest BCUT2D eigenvalue weighted by Gasteiger charge is 2.21. The second-order valence-corrected chi connectivity index (χ2v) is 8.42. The summed E-state index contributed by atoms with van der Waals surface area (Å²) in [7, 11) is -2.16. The first-order chi connectivity index (χ1) is 12.8. The first-order valence-corrected chi connectivity index (χ1v) is 10.00. The summed E-state index contributed by atoms with van der Waals surface area (Å²) in [6, 6.07) is 12.9. The van der Waals surface area contributed by atoms with Crippen LogP contribution in [0.3, 0.4) is 0 Å². The fourth-order valence-electron chi connectivity index (χ4n) is 2.52. The number of nitrogens with zero attached hydrogens (tertiary/aromatic N) is 2. The molecule has 1 heterocycles. The molecule has 2 aromatic carbocycles. The van der Waals surface area contributed by atoms with Crippen LogP contribution in [0.2, 0.25) is 5.02 Å². The van der Waals surface area contributed by atoms with E-state index in [9.17, 15) is 8.42 Å². The molecule has 0 saturated heterocycles. The Morgan fingerprint density at radius 3 is 2.26 bits per heavy atom. The van der Waals surface area contributed by atoms with Crippen LogP contribution in [0.4, 0.5) is 5.69 Å². The van der Waals surface area contributed by atoms with Crippen LogP contribution >= 0.6 is 11.6 Å². The molecule has 0 saturated carbocycles. The minimum absolute atomic E-state index is 0.174. The lowest BCUT2D eigenvalue weighted by molar-refractivity contribution is 0.302. The van der Waals surface area contributed by atoms with Crippen molar-refractivity contribution in [3.63, 3.8) is 0 Å². The Balaban J connectivity index is 1.73. The molecule has 142 valence electrons. The molecule has 1 aromatic heterocycles. The molecule has 0 aliphatic rings. The highest BCUT2D eigenvalue weighted by atomic mass is 35.5. The van der Waals surface area contributed by atoms with E-state index in [0.717, 1.165) is 17.0 Å². The lowest BCUT2D eigenvalue weighted by Gasteiger charge is -2.20. The predicted octanol–water partition coefficient (Wildman–Crippen LogP) is 4.35. The fraction of sp³-hybridized carbons (Fsp3) is 0.211. The Morgan fingerprint density at radius 1 is 1.07 bits per heavy atom. The zero-order chi connectivity index (χ0) is 19.6. The molecule has 3 rings (SSSR count). The van der Waals surface area contributed by atoms with Gasteiger partial charge in [0.2, 0.25) is 0 Å². The zero-order valence-corrected chi connectivity index (χ0v) is 16.7. The maximum Gasteiger partial charge on any atom is 0.264 e. The summed E-state index contributed by atoms with van der Waals surface area (Å²) in [6.45, 7) is 4.02. The summed E-state index contributed by atoms with van der Waals surface area (Å²) in [5.41, 5.74) is 2.22.